The number of halogens is 1. The molecule has 24 heavy (non-hydrogen) atoms. The predicted molar refractivity (Wildman–Crippen MR) is 100 cm³/mol. The Bertz CT molecular complexity index is 875. The molecule has 0 radical (unpaired) electrons. The Hall–Kier alpha value is -2.59. The molecule has 0 aliphatic heterocycles. The Morgan fingerprint density at radius 1 is 1.17 bits per heavy atom. The molecule has 0 aliphatic carbocycles. The van der Waals surface area contributed by atoms with E-state index in [-0.39, 0.29) is 0 Å². The fourth-order valence-corrected chi connectivity index (χ4v) is 2.64. The number of anilines is 1. The summed E-state index contributed by atoms with van der Waals surface area (Å²) in [6, 6.07) is 15.4. The summed E-state index contributed by atoms with van der Waals surface area (Å²) in [5, 5.41) is 6.23. The van der Waals surface area contributed by atoms with Gasteiger partial charge in [-0.2, -0.15) is 5.10 Å². The number of aromatic nitrogens is 1. The molecule has 0 amide bonds. The van der Waals surface area contributed by atoms with E-state index >= 15 is 0 Å². The lowest BCUT2D eigenvalue weighted by molar-refractivity contribution is 0.415. The normalized spacial score (nSPS) is 11.5. The Morgan fingerprint density at radius 2 is 1.96 bits per heavy atom. The van der Waals surface area contributed by atoms with E-state index in [1.54, 1.807) is 13.3 Å². The van der Waals surface area contributed by atoms with Gasteiger partial charge in [-0.1, -0.05) is 18.5 Å². The van der Waals surface area contributed by atoms with Crippen molar-refractivity contribution in [3.05, 3.63) is 65.3 Å². The van der Waals surface area contributed by atoms with Crippen molar-refractivity contribution >= 4 is 33.9 Å². The average molecular weight is 340 g/mol. The van der Waals surface area contributed by atoms with Gasteiger partial charge in [-0.3, -0.25) is 10.4 Å². The molecule has 5 heteroatoms. The number of hydrogen-bond acceptors (Lipinski definition) is 4. The summed E-state index contributed by atoms with van der Waals surface area (Å²) in [5.74, 6) is 0.833. The van der Waals surface area contributed by atoms with Crippen molar-refractivity contribution in [3.8, 4) is 5.75 Å². The van der Waals surface area contributed by atoms with Crippen LogP contribution in [0.2, 0.25) is 5.02 Å². The van der Waals surface area contributed by atoms with Crippen LogP contribution in [-0.4, -0.2) is 17.8 Å². The van der Waals surface area contributed by atoms with Crippen LogP contribution in [0.3, 0.4) is 0 Å². The lowest BCUT2D eigenvalue weighted by Gasteiger charge is -2.09. The Labute approximate surface area is 146 Å². The predicted octanol–water partition coefficient (Wildman–Crippen LogP) is 5.12. The maximum atomic E-state index is 6.03. The number of nitrogens with one attached hydrogen (secondary N) is 1. The van der Waals surface area contributed by atoms with Crippen LogP contribution in [-0.2, 0) is 0 Å². The Balaban J connectivity index is 1.90. The van der Waals surface area contributed by atoms with Crippen LogP contribution in [0.5, 0.6) is 5.75 Å². The molecule has 4 nitrogen and oxygen atoms in total. The van der Waals surface area contributed by atoms with Crippen molar-refractivity contribution < 1.29 is 4.74 Å². The van der Waals surface area contributed by atoms with Crippen LogP contribution in [0, 0.1) is 0 Å². The number of hydrazone groups is 1. The van der Waals surface area contributed by atoms with Crippen LogP contribution < -0.4 is 10.2 Å². The first-order valence-electron chi connectivity index (χ1n) is 7.72. The highest BCUT2D eigenvalue weighted by molar-refractivity contribution is 6.31. The third kappa shape index (κ3) is 3.49. The number of rotatable bonds is 5. The number of methoxy groups -OCH3 is 1. The number of hydrogen-bond donors (Lipinski definition) is 1. The molecule has 0 bridgehead atoms. The highest BCUT2D eigenvalue weighted by atomic mass is 35.5. The summed E-state index contributed by atoms with van der Waals surface area (Å²) >= 11 is 6.03. The molecule has 3 aromatic rings. The molecule has 0 spiro atoms. The number of benzene rings is 2. The van der Waals surface area contributed by atoms with Gasteiger partial charge in [0, 0.05) is 16.6 Å². The zero-order chi connectivity index (χ0) is 16.9. The molecule has 0 saturated carbocycles. The summed E-state index contributed by atoms with van der Waals surface area (Å²) in [6.45, 7) is 2.08. The minimum absolute atomic E-state index is 0.670. The number of fused-ring (bicyclic) bond motifs is 1. The van der Waals surface area contributed by atoms with Gasteiger partial charge in [-0.25, -0.2) is 0 Å². The van der Waals surface area contributed by atoms with Crippen molar-refractivity contribution in [2.45, 2.75) is 13.3 Å². The van der Waals surface area contributed by atoms with E-state index in [2.05, 4.69) is 22.4 Å². The highest BCUT2D eigenvalue weighted by Gasteiger charge is 2.05. The zero-order valence-electron chi connectivity index (χ0n) is 13.6. The van der Waals surface area contributed by atoms with Gasteiger partial charge in [0.1, 0.15) is 5.75 Å². The van der Waals surface area contributed by atoms with Gasteiger partial charge in [0.05, 0.1) is 24.0 Å². The van der Waals surface area contributed by atoms with Crippen LogP contribution >= 0.6 is 11.6 Å². The summed E-state index contributed by atoms with van der Waals surface area (Å²) in [7, 11) is 1.66. The van der Waals surface area contributed by atoms with Crippen molar-refractivity contribution in [2.24, 2.45) is 5.10 Å². The number of nitrogens with zero attached hydrogens (tertiary/aromatic N) is 2. The summed E-state index contributed by atoms with van der Waals surface area (Å²) in [5.41, 5.74) is 6.93. The van der Waals surface area contributed by atoms with Gasteiger partial charge in [-0.15, -0.1) is 0 Å². The monoisotopic (exact) mass is 339 g/mol. The maximum Gasteiger partial charge on any atom is 0.118 e. The van der Waals surface area contributed by atoms with Crippen molar-refractivity contribution in [1.29, 1.82) is 0 Å². The van der Waals surface area contributed by atoms with Crippen LogP contribution in [0.15, 0.2) is 59.8 Å². The van der Waals surface area contributed by atoms with E-state index in [4.69, 9.17) is 16.3 Å². The summed E-state index contributed by atoms with van der Waals surface area (Å²) < 4.78 is 5.20. The fraction of sp³-hybridized carbons (Fsp3) is 0.158. The van der Waals surface area contributed by atoms with Gasteiger partial charge in [0.15, 0.2) is 0 Å². The first-order chi connectivity index (χ1) is 11.7. The van der Waals surface area contributed by atoms with Crippen LogP contribution in [0.25, 0.3) is 10.9 Å². The van der Waals surface area contributed by atoms with Crippen molar-refractivity contribution in [3.63, 3.8) is 0 Å². The fourth-order valence-electron chi connectivity index (χ4n) is 2.48. The second-order valence-electron chi connectivity index (χ2n) is 5.27. The maximum absolute atomic E-state index is 6.03. The lowest BCUT2D eigenvalue weighted by atomic mass is 10.1. The molecule has 1 aromatic heterocycles. The minimum Gasteiger partial charge on any atom is -0.497 e. The molecular weight excluding hydrogens is 322 g/mol. The van der Waals surface area contributed by atoms with Gasteiger partial charge < -0.3 is 4.74 Å². The number of pyridine rings is 1. The van der Waals surface area contributed by atoms with Crippen LogP contribution in [0.4, 0.5) is 5.69 Å². The van der Waals surface area contributed by atoms with E-state index in [1.165, 1.54) is 0 Å². The molecule has 0 atom stereocenters. The first kappa shape index (κ1) is 16.3. The molecule has 3 rings (SSSR count). The van der Waals surface area contributed by atoms with Crippen molar-refractivity contribution in [2.75, 3.05) is 12.5 Å². The highest BCUT2D eigenvalue weighted by Crippen LogP contribution is 2.24. The summed E-state index contributed by atoms with van der Waals surface area (Å²) in [4.78, 5) is 4.34. The lowest BCUT2D eigenvalue weighted by Crippen LogP contribution is -2.03. The first-order valence-corrected chi connectivity index (χ1v) is 8.10. The van der Waals surface area contributed by atoms with E-state index in [0.29, 0.717) is 5.02 Å². The van der Waals surface area contributed by atoms with E-state index < -0.39 is 0 Å². The zero-order valence-corrected chi connectivity index (χ0v) is 14.3. The molecule has 0 saturated heterocycles. The third-order valence-corrected chi connectivity index (χ3v) is 4.01. The standard InChI is InChI=1S/C19H18ClN3O/c1-3-17(13-4-7-15(24-2)8-5-13)22-23-18-10-11-21-19-12-14(20)6-9-16(18)19/h4-12H,3H2,1-2H3,(H,21,23). The van der Waals surface area contributed by atoms with Crippen LogP contribution in [0.1, 0.15) is 18.9 Å². The van der Waals surface area contributed by atoms with Crippen molar-refractivity contribution in [1.82, 2.24) is 4.98 Å². The van der Waals surface area contributed by atoms with E-state index in [9.17, 15) is 0 Å². The molecule has 2 aromatic carbocycles. The number of ether oxygens (including phenoxy) is 1. The third-order valence-electron chi connectivity index (χ3n) is 3.77. The SMILES string of the molecule is CCC(=NNc1ccnc2cc(Cl)ccc12)c1ccc(OC)cc1. The average Bonchev–Trinajstić information content (AvgIpc) is 2.62. The Morgan fingerprint density at radius 3 is 2.67 bits per heavy atom. The largest absolute Gasteiger partial charge is 0.497 e. The van der Waals surface area contributed by atoms with Gasteiger partial charge >= 0.3 is 0 Å². The molecular formula is C19H18ClN3O. The van der Waals surface area contributed by atoms with E-state index in [0.717, 1.165) is 40.0 Å². The van der Waals surface area contributed by atoms with E-state index in [1.807, 2.05) is 48.5 Å². The molecule has 1 heterocycles. The second kappa shape index (κ2) is 7.32. The quantitative estimate of drug-likeness (QED) is 0.518. The van der Waals surface area contributed by atoms with Gasteiger partial charge in [0.25, 0.3) is 0 Å². The topological polar surface area (TPSA) is 46.5 Å². The second-order valence-corrected chi connectivity index (χ2v) is 5.71. The molecule has 122 valence electrons. The smallest absolute Gasteiger partial charge is 0.118 e. The Kier molecular flexibility index (Phi) is 4.96. The van der Waals surface area contributed by atoms with Gasteiger partial charge in [-0.05, 0) is 60.5 Å². The summed E-state index contributed by atoms with van der Waals surface area (Å²) in [6.07, 6.45) is 2.56. The minimum atomic E-state index is 0.670. The molecule has 1 N–H and O–H groups in total. The molecule has 0 unspecified atom stereocenters. The van der Waals surface area contributed by atoms with Gasteiger partial charge in [0.2, 0.25) is 0 Å². The molecule has 0 aliphatic rings. The molecule has 0 fully saturated rings.